The molecule has 1 aliphatic carbocycles. The van der Waals surface area contributed by atoms with Crippen molar-refractivity contribution in [3.63, 3.8) is 0 Å². The number of hydrogen-bond acceptors (Lipinski definition) is 4. The predicted octanol–water partition coefficient (Wildman–Crippen LogP) is 3.00. The lowest BCUT2D eigenvalue weighted by Crippen LogP contribution is -2.08. The molecule has 0 aliphatic heterocycles. The molecular weight excluding hydrogens is 340 g/mol. The molecule has 0 atom stereocenters. The number of aromatic nitrogens is 6. The molecule has 1 N–H and O–H groups in total. The minimum atomic E-state index is -0.211. The highest BCUT2D eigenvalue weighted by Gasteiger charge is 2.25. The zero-order chi connectivity index (χ0) is 18.7. The molecule has 1 aromatic carbocycles. The summed E-state index contributed by atoms with van der Waals surface area (Å²) in [6.07, 6.45) is 6.13. The van der Waals surface area contributed by atoms with Crippen molar-refractivity contribution in [3.8, 4) is 17.2 Å². The van der Waals surface area contributed by atoms with Crippen LogP contribution in [0.5, 0.6) is 0 Å². The Balaban J connectivity index is 1.65. The number of nitrogens with one attached hydrogen (secondary N) is 1. The van der Waals surface area contributed by atoms with Gasteiger partial charge in [0, 0.05) is 19.4 Å². The van der Waals surface area contributed by atoms with Gasteiger partial charge in [-0.05, 0) is 55.4 Å². The molecule has 7 nitrogen and oxygen atoms in total. The fraction of sp³-hybridized carbons (Fsp3) is 0.300. The number of rotatable bonds is 3. The van der Waals surface area contributed by atoms with E-state index in [1.54, 1.807) is 15.6 Å². The normalized spacial score (nSPS) is 14.2. The number of fused-ring (bicyclic) bond motifs is 1. The molecule has 0 radical (unpaired) electrons. The van der Waals surface area contributed by atoms with Gasteiger partial charge in [0.2, 0.25) is 0 Å². The summed E-state index contributed by atoms with van der Waals surface area (Å²) in [7, 11) is 1.83. The lowest BCUT2D eigenvalue weighted by atomic mass is 10.0. The van der Waals surface area contributed by atoms with Crippen LogP contribution in [0.2, 0.25) is 0 Å². The van der Waals surface area contributed by atoms with E-state index in [2.05, 4.69) is 46.1 Å². The van der Waals surface area contributed by atoms with Crippen LogP contribution in [0.25, 0.3) is 28.2 Å². The second kappa shape index (κ2) is 5.64. The Bertz CT molecular complexity index is 1220. The van der Waals surface area contributed by atoms with E-state index >= 15 is 0 Å². The fourth-order valence-corrected chi connectivity index (χ4v) is 3.70. The van der Waals surface area contributed by atoms with Gasteiger partial charge in [0.1, 0.15) is 11.1 Å². The van der Waals surface area contributed by atoms with Crippen molar-refractivity contribution in [1.29, 1.82) is 0 Å². The SMILES string of the molecule is Cc1cc(C2CC2)cc(C)c1-n1cc2c(=O)[nH]c(-c3ccn(C)n3)nc2n1. The van der Waals surface area contributed by atoms with Gasteiger partial charge in [-0.15, -0.1) is 5.10 Å². The summed E-state index contributed by atoms with van der Waals surface area (Å²) in [5, 5.41) is 9.38. The Labute approximate surface area is 155 Å². The van der Waals surface area contributed by atoms with E-state index in [0.29, 0.717) is 28.5 Å². The van der Waals surface area contributed by atoms with Crippen molar-refractivity contribution in [3.05, 3.63) is 57.6 Å². The minimum absolute atomic E-state index is 0.211. The standard InChI is InChI=1S/C20H20N6O/c1-11-8-14(13-4-5-13)9-12(2)17(11)26-10-15-18(24-26)21-19(22-20(15)27)16-6-7-25(3)23-16/h6-10,13H,4-5H2,1-3H3,(H,21,22,24,27). The van der Waals surface area contributed by atoms with Gasteiger partial charge in [-0.2, -0.15) is 5.10 Å². The van der Waals surface area contributed by atoms with E-state index in [1.165, 1.54) is 18.4 Å². The molecule has 0 bridgehead atoms. The van der Waals surface area contributed by atoms with E-state index in [-0.39, 0.29) is 5.56 Å². The van der Waals surface area contributed by atoms with Gasteiger partial charge in [0.15, 0.2) is 11.5 Å². The molecule has 1 fully saturated rings. The lowest BCUT2D eigenvalue weighted by Gasteiger charge is -2.12. The van der Waals surface area contributed by atoms with Gasteiger partial charge >= 0.3 is 0 Å². The number of H-pyrrole nitrogens is 1. The van der Waals surface area contributed by atoms with Crippen LogP contribution >= 0.6 is 0 Å². The summed E-state index contributed by atoms with van der Waals surface area (Å²) in [6, 6.07) is 6.29. The average molecular weight is 360 g/mol. The van der Waals surface area contributed by atoms with Gasteiger partial charge in [-0.1, -0.05) is 12.1 Å². The van der Waals surface area contributed by atoms with Gasteiger partial charge < -0.3 is 4.98 Å². The van der Waals surface area contributed by atoms with Crippen LogP contribution in [0.3, 0.4) is 0 Å². The third kappa shape index (κ3) is 2.66. The minimum Gasteiger partial charge on any atom is -0.304 e. The molecule has 4 aromatic rings. The third-order valence-electron chi connectivity index (χ3n) is 5.14. The second-order valence-electron chi connectivity index (χ2n) is 7.38. The molecule has 136 valence electrons. The third-order valence-corrected chi connectivity index (χ3v) is 5.14. The maximum atomic E-state index is 12.6. The van der Waals surface area contributed by atoms with Crippen molar-refractivity contribution in [1.82, 2.24) is 29.5 Å². The quantitative estimate of drug-likeness (QED) is 0.609. The van der Waals surface area contributed by atoms with Crippen molar-refractivity contribution in [2.75, 3.05) is 0 Å². The van der Waals surface area contributed by atoms with Crippen molar-refractivity contribution in [2.24, 2.45) is 7.05 Å². The number of hydrogen-bond donors (Lipinski definition) is 1. The van der Waals surface area contributed by atoms with Crippen LogP contribution in [0.15, 0.2) is 35.4 Å². The first-order valence-corrected chi connectivity index (χ1v) is 9.11. The molecule has 0 saturated heterocycles. The summed E-state index contributed by atoms with van der Waals surface area (Å²) in [4.78, 5) is 19.9. The molecule has 0 unspecified atom stereocenters. The van der Waals surface area contributed by atoms with Crippen molar-refractivity contribution >= 4 is 11.0 Å². The van der Waals surface area contributed by atoms with Gasteiger partial charge in [-0.3, -0.25) is 9.48 Å². The highest BCUT2D eigenvalue weighted by Crippen LogP contribution is 2.41. The molecule has 0 spiro atoms. The van der Waals surface area contributed by atoms with Crippen LogP contribution in [0.1, 0.15) is 35.4 Å². The maximum absolute atomic E-state index is 12.6. The predicted molar refractivity (Wildman–Crippen MR) is 103 cm³/mol. The zero-order valence-corrected chi connectivity index (χ0v) is 15.5. The van der Waals surface area contributed by atoms with E-state index in [0.717, 1.165) is 16.8 Å². The van der Waals surface area contributed by atoms with Crippen molar-refractivity contribution in [2.45, 2.75) is 32.6 Å². The molecule has 5 rings (SSSR count). The van der Waals surface area contributed by atoms with Gasteiger partial charge in [0.05, 0.1) is 5.69 Å². The number of nitrogens with zero attached hydrogens (tertiary/aromatic N) is 5. The largest absolute Gasteiger partial charge is 0.304 e. The van der Waals surface area contributed by atoms with E-state index in [4.69, 9.17) is 0 Å². The van der Waals surface area contributed by atoms with Crippen LogP contribution in [0, 0.1) is 13.8 Å². The molecule has 1 aliphatic rings. The zero-order valence-electron chi connectivity index (χ0n) is 15.5. The average Bonchev–Trinajstić information content (AvgIpc) is 3.24. The molecule has 0 amide bonds. The number of aryl methyl sites for hydroxylation is 3. The Morgan fingerprint density at radius 3 is 2.52 bits per heavy atom. The monoisotopic (exact) mass is 360 g/mol. The molecule has 1 saturated carbocycles. The summed E-state index contributed by atoms with van der Waals surface area (Å²) in [5.74, 6) is 1.13. The molecular formula is C20H20N6O. The first-order valence-electron chi connectivity index (χ1n) is 9.11. The highest BCUT2D eigenvalue weighted by molar-refractivity contribution is 5.75. The Morgan fingerprint density at radius 2 is 1.89 bits per heavy atom. The summed E-state index contributed by atoms with van der Waals surface area (Å²) < 4.78 is 3.45. The Morgan fingerprint density at radius 1 is 1.15 bits per heavy atom. The number of aromatic amines is 1. The smallest absolute Gasteiger partial charge is 0.262 e. The summed E-state index contributed by atoms with van der Waals surface area (Å²) in [6.45, 7) is 4.19. The topological polar surface area (TPSA) is 81.4 Å². The summed E-state index contributed by atoms with van der Waals surface area (Å²) >= 11 is 0. The van der Waals surface area contributed by atoms with E-state index in [9.17, 15) is 4.79 Å². The van der Waals surface area contributed by atoms with Crippen LogP contribution in [-0.4, -0.2) is 29.5 Å². The van der Waals surface area contributed by atoms with Gasteiger partial charge in [-0.25, -0.2) is 9.67 Å². The van der Waals surface area contributed by atoms with Crippen LogP contribution in [-0.2, 0) is 7.05 Å². The Hall–Kier alpha value is -3.22. The molecule has 27 heavy (non-hydrogen) atoms. The summed E-state index contributed by atoms with van der Waals surface area (Å²) in [5.41, 5.74) is 5.56. The lowest BCUT2D eigenvalue weighted by molar-refractivity contribution is 0.768. The number of benzene rings is 1. The molecule has 3 aromatic heterocycles. The van der Waals surface area contributed by atoms with E-state index < -0.39 is 0 Å². The first-order chi connectivity index (χ1) is 13.0. The van der Waals surface area contributed by atoms with Crippen molar-refractivity contribution < 1.29 is 0 Å². The molecule has 3 heterocycles. The second-order valence-corrected chi connectivity index (χ2v) is 7.38. The van der Waals surface area contributed by atoms with E-state index in [1.807, 2.05) is 19.3 Å². The van der Waals surface area contributed by atoms with Crippen LogP contribution in [0.4, 0.5) is 0 Å². The first kappa shape index (κ1) is 16.0. The van der Waals surface area contributed by atoms with Gasteiger partial charge in [0.25, 0.3) is 5.56 Å². The van der Waals surface area contributed by atoms with Crippen LogP contribution < -0.4 is 5.56 Å². The fourth-order valence-electron chi connectivity index (χ4n) is 3.70. The Kier molecular flexibility index (Phi) is 3.34. The highest BCUT2D eigenvalue weighted by atomic mass is 16.1. The maximum Gasteiger partial charge on any atom is 0.262 e. The molecule has 7 heteroatoms.